The minimum Gasteiger partial charge on any atom is -0.481 e. The smallest absolute Gasteiger partial charge is 0.305 e. The first-order valence-corrected chi connectivity index (χ1v) is 6.22. The number of nitrogens with one attached hydrogen (secondary N) is 1. The number of carbonyl (C=O) groups is 2. The number of nitrogens with zero attached hydrogens (tertiary/aromatic N) is 1. The molecule has 1 atom stereocenters. The number of benzene rings is 1. The molecule has 0 amide bonds. The molecule has 5 nitrogen and oxygen atoms in total. The number of rotatable bonds is 7. The lowest BCUT2D eigenvalue weighted by Crippen LogP contribution is -2.38. The van der Waals surface area contributed by atoms with Gasteiger partial charge >= 0.3 is 5.97 Å². The molecule has 1 aromatic rings. The topological polar surface area (TPSA) is 69.6 Å². The first-order chi connectivity index (χ1) is 8.95. The SMILES string of the molecule is CCNC(CC(=O)O)C(=O)c1ccc(N(C)C)cc1. The van der Waals surface area contributed by atoms with Gasteiger partial charge in [-0.3, -0.25) is 9.59 Å². The maximum atomic E-state index is 12.2. The molecule has 104 valence electrons. The summed E-state index contributed by atoms with van der Waals surface area (Å²) in [5, 5.41) is 11.7. The average Bonchev–Trinajstić information content (AvgIpc) is 2.37. The number of ketones is 1. The summed E-state index contributed by atoms with van der Waals surface area (Å²) in [5.41, 5.74) is 1.52. The Hall–Kier alpha value is -1.88. The minimum absolute atomic E-state index is 0.186. The summed E-state index contributed by atoms with van der Waals surface area (Å²) in [7, 11) is 3.84. The quantitative estimate of drug-likeness (QED) is 0.728. The number of anilines is 1. The van der Waals surface area contributed by atoms with Gasteiger partial charge in [0.25, 0.3) is 0 Å². The van der Waals surface area contributed by atoms with Crippen LogP contribution in [0.3, 0.4) is 0 Å². The number of hydrogen-bond acceptors (Lipinski definition) is 4. The van der Waals surface area contributed by atoms with Crippen molar-refractivity contribution in [2.45, 2.75) is 19.4 Å². The highest BCUT2D eigenvalue weighted by Crippen LogP contribution is 2.14. The van der Waals surface area contributed by atoms with Crippen molar-refractivity contribution < 1.29 is 14.7 Å². The maximum Gasteiger partial charge on any atom is 0.305 e. The monoisotopic (exact) mass is 264 g/mol. The van der Waals surface area contributed by atoms with Gasteiger partial charge in [-0.1, -0.05) is 6.92 Å². The van der Waals surface area contributed by atoms with Crippen LogP contribution in [0.1, 0.15) is 23.7 Å². The standard InChI is InChI=1S/C14H20N2O3/c1-4-15-12(9-13(17)18)14(19)10-5-7-11(8-6-10)16(2)3/h5-8,12,15H,4,9H2,1-3H3,(H,17,18). The third kappa shape index (κ3) is 4.37. The summed E-state index contributed by atoms with van der Waals surface area (Å²) < 4.78 is 0. The summed E-state index contributed by atoms with van der Waals surface area (Å²) in [6.07, 6.45) is -0.206. The fraction of sp³-hybridized carbons (Fsp3) is 0.429. The number of carboxylic acid groups (broad SMARTS) is 1. The molecular weight excluding hydrogens is 244 g/mol. The van der Waals surface area contributed by atoms with Gasteiger partial charge in [-0.05, 0) is 30.8 Å². The molecule has 1 rings (SSSR count). The third-order valence-corrected chi connectivity index (χ3v) is 2.81. The number of Topliss-reactive ketones (excluding diaryl/α,β-unsaturated/α-hetero) is 1. The zero-order valence-electron chi connectivity index (χ0n) is 11.5. The number of carbonyl (C=O) groups excluding carboxylic acids is 1. The second-order valence-electron chi connectivity index (χ2n) is 4.51. The van der Waals surface area contributed by atoms with Crippen molar-refractivity contribution in [2.24, 2.45) is 0 Å². The predicted molar refractivity (Wildman–Crippen MR) is 74.8 cm³/mol. The van der Waals surface area contributed by atoms with Crippen LogP contribution >= 0.6 is 0 Å². The number of carboxylic acids is 1. The van der Waals surface area contributed by atoms with Gasteiger partial charge in [-0.25, -0.2) is 0 Å². The lowest BCUT2D eigenvalue weighted by Gasteiger charge is -2.16. The molecule has 1 aromatic carbocycles. The van der Waals surface area contributed by atoms with Gasteiger partial charge in [0, 0.05) is 25.3 Å². The second kappa shape index (κ2) is 6.89. The molecule has 19 heavy (non-hydrogen) atoms. The van der Waals surface area contributed by atoms with Crippen LogP contribution in [0.25, 0.3) is 0 Å². The van der Waals surface area contributed by atoms with Crippen LogP contribution in [0.5, 0.6) is 0 Å². The van der Waals surface area contributed by atoms with Gasteiger partial charge in [0.2, 0.25) is 0 Å². The van der Waals surface area contributed by atoms with E-state index in [-0.39, 0.29) is 12.2 Å². The highest BCUT2D eigenvalue weighted by molar-refractivity contribution is 6.01. The molecule has 0 aliphatic carbocycles. The molecule has 0 fully saturated rings. The van der Waals surface area contributed by atoms with Crippen molar-refractivity contribution in [3.63, 3.8) is 0 Å². The van der Waals surface area contributed by atoms with E-state index in [0.717, 1.165) is 5.69 Å². The molecule has 0 bridgehead atoms. The van der Waals surface area contributed by atoms with Gasteiger partial charge in [0.05, 0.1) is 12.5 Å². The summed E-state index contributed by atoms with van der Waals surface area (Å²) in [6.45, 7) is 2.40. The van der Waals surface area contributed by atoms with Crippen molar-refractivity contribution in [1.82, 2.24) is 5.32 Å². The van der Waals surface area contributed by atoms with Crippen molar-refractivity contribution >= 4 is 17.4 Å². The van der Waals surface area contributed by atoms with E-state index in [1.165, 1.54) is 0 Å². The van der Waals surface area contributed by atoms with E-state index in [1.807, 2.05) is 38.1 Å². The molecule has 1 unspecified atom stereocenters. The Morgan fingerprint density at radius 2 is 1.84 bits per heavy atom. The first-order valence-electron chi connectivity index (χ1n) is 6.22. The van der Waals surface area contributed by atoms with Crippen LogP contribution in [0.2, 0.25) is 0 Å². The Morgan fingerprint density at radius 1 is 1.26 bits per heavy atom. The van der Waals surface area contributed by atoms with E-state index in [4.69, 9.17) is 5.11 Å². The van der Waals surface area contributed by atoms with E-state index in [2.05, 4.69) is 5.32 Å². The van der Waals surface area contributed by atoms with Gasteiger partial charge in [0.1, 0.15) is 0 Å². The minimum atomic E-state index is -0.982. The zero-order chi connectivity index (χ0) is 14.4. The normalized spacial score (nSPS) is 11.9. The van der Waals surface area contributed by atoms with Gasteiger partial charge in [-0.15, -0.1) is 0 Å². The molecule has 0 heterocycles. The lowest BCUT2D eigenvalue weighted by molar-refractivity contribution is -0.137. The molecule has 5 heteroatoms. The highest BCUT2D eigenvalue weighted by atomic mass is 16.4. The van der Waals surface area contributed by atoms with Gasteiger partial charge in [-0.2, -0.15) is 0 Å². The predicted octanol–water partition coefficient (Wildman–Crippen LogP) is 1.39. The van der Waals surface area contributed by atoms with Crippen molar-refractivity contribution in [2.75, 3.05) is 25.5 Å². The fourth-order valence-corrected chi connectivity index (χ4v) is 1.80. The van der Waals surface area contributed by atoms with Crippen LogP contribution in [0.4, 0.5) is 5.69 Å². The van der Waals surface area contributed by atoms with Crippen LogP contribution < -0.4 is 10.2 Å². The summed E-state index contributed by atoms with van der Waals surface area (Å²) >= 11 is 0. The largest absolute Gasteiger partial charge is 0.481 e. The zero-order valence-corrected chi connectivity index (χ0v) is 11.5. The second-order valence-corrected chi connectivity index (χ2v) is 4.51. The molecule has 0 aliphatic rings. The van der Waals surface area contributed by atoms with Gasteiger partial charge in [0.15, 0.2) is 5.78 Å². The van der Waals surface area contributed by atoms with E-state index in [9.17, 15) is 9.59 Å². The van der Waals surface area contributed by atoms with E-state index >= 15 is 0 Å². The Bertz CT molecular complexity index is 441. The first kappa shape index (κ1) is 15.2. The average molecular weight is 264 g/mol. The van der Waals surface area contributed by atoms with E-state index in [1.54, 1.807) is 12.1 Å². The van der Waals surface area contributed by atoms with Crippen molar-refractivity contribution in [1.29, 1.82) is 0 Å². The summed E-state index contributed by atoms with van der Waals surface area (Å²) in [5.74, 6) is -1.17. The maximum absolute atomic E-state index is 12.2. The van der Waals surface area contributed by atoms with E-state index in [0.29, 0.717) is 12.1 Å². The van der Waals surface area contributed by atoms with Crippen molar-refractivity contribution in [3.8, 4) is 0 Å². The molecule has 0 aliphatic heterocycles. The molecule has 0 aromatic heterocycles. The lowest BCUT2D eigenvalue weighted by atomic mass is 10.0. The third-order valence-electron chi connectivity index (χ3n) is 2.81. The molecule has 0 saturated heterocycles. The Kier molecular flexibility index (Phi) is 5.51. The van der Waals surface area contributed by atoms with Crippen LogP contribution in [0.15, 0.2) is 24.3 Å². The van der Waals surface area contributed by atoms with Crippen molar-refractivity contribution in [3.05, 3.63) is 29.8 Å². The molecule has 0 spiro atoms. The molecular formula is C14H20N2O3. The van der Waals surface area contributed by atoms with E-state index < -0.39 is 12.0 Å². The summed E-state index contributed by atoms with van der Waals surface area (Å²) in [4.78, 5) is 24.9. The Labute approximate surface area is 113 Å². The molecule has 0 saturated carbocycles. The Morgan fingerprint density at radius 3 is 2.26 bits per heavy atom. The van der Waals surface area contributed by atoms with Crippen LogP contribution in [0, 0.1) is 0 Å². The number of aliphatic carboxylic acids is 1. The Balaban J connectivity index is 2.86. The summed E-state index contributed by atoms with van der Waals surface area (Å²) in [6, 6.07) is 6.47. The van der Waals surface area contributed by atoms with Crippen LogP contribution in [-0.4, -0.2) is 43.5 Å². The number of likely N-dealkylation sites (N-methyl/N-ethyl adjacent to an activating group) is 1. The van der Waals surface area contributed by atoms with Crippen LogP contribution in [-0.2, 0) is 4.79 Å². The van der Waals surface area contributed by atoms with Gasteiger partial charge < -0.3 is 15.3 Å². The molecule has 0 radical (unpaired) electrons. The molecule has 2 N–H and O–H groups in total. The highest BCUT2D eigenvalue weighted by Gasteiger charge is 2.21. The number of hydrogen-bond donors (Lipinski definition) is 2. The fourth-order valence-electron chi connectivity index (χ4n) is 1.80.